The molecule has 0 radical (unpaired) electrons. The fourth-order valence-electron chi connectivity index (χ4n) is 3.07. The Morgan fingerprint density at radius 2 is 1.96 bits per heavy atom. The molecule has 0 saturated heterocycles. The minimum absolute atomic E-state index is 0.228. The molecule has 0 aliphatic rings. The Kier molecular flexibility index (Phi) is 6.29. The summed E-state index contributed by atoms with van der Waals surface area (Å²) in [4.78, 5) is 16.1. The minimum atomic E-state index is -0.988. The summed E-state index contributed by atoms with van der Waals surface area (Å²) in [6.45, 7) is 2.12. The molecule has 3 rings (SSSR count). The highest BCUT2D eigenvalue weighted by Crippen LogP contribution is 2.26. The largest absolute Gasteiger partial charge is 0.478 e. The fraction of sp³-hybridized carbons (Fsp3) is 0.182. The van der Waals surface area contributed by atoms with E-state index in [2.05, 4.69) is 4.98 Å². The molecule has 0 aliphatic heterocycles. The van der Waals surface area contributed by atoms with Gasteiger partial charge in [0.05, 0.1) is 17.9 Å². The summed E-state index contributed by atoms with van der Waals surface area (Å²) in [5, 5.41) is 19.6. The van der Waals surface area contributed by atoms with Crippen molar-refractivity contribution < 1.29 is 15.0 Å². The predicted molar refractivity (Wildman–Crippen MR) is 110 cm³/mol. The van der Waals surface area contributed by atoms with Gasteiger partial charge in [-0.25, -0.2) is 9.78 Å². The van der Waals surface area contributed by atoms with Gasteiger partial charge in [0.1, 0.15) is 5.82 Å². The Morgan fingerprint density at radius 3 is 2.61 bits per heavy atom. The van der Waals surface area contributed by atoms with E-state index in [4.69, 9.17) is 11.6 Å². The van der Waals surface area contributed by atoms with E-state index in [1.54, 1.807) is 10.6 Å². The molecule has 0 bridgehead atoms. The van der Waals surface area contributed by atoms with Crippen LogP contribution in [0.25, 0.3) is 17.2 Å². The van der Waals surface area contributed by atoms with Gasteiger partial charge in [0, 0.05) is 6.54 Å². The lowest BCUT2D eigenvalue weighted by Crippen LogP contribution is -2.08. The zero-order valence-electron chi connectivity index (χ0n) is 15.5. The second-order valence-corrected chi connectivity index (χ2v) is 6.67. The molecule has 1 heterocycles. The van der Waals surface area contributed by atoms with Crippen LogP contribution in [0.5, 0.6) is 0 Å². The highest BCUT2D eigenvalue weighted by Gasteiger charge is 2.16. The zero-order chi connectivity index (χ0) is 20.1. The molecule has 0 spiro atoms. The molecule has 0 atom stereocenters. The monoisotopic (exact) mass is 396 g/mol. The van der Waals surface area contributed by atoms with Crippen LogP contribution in [-0.2, 0) is 13.2 Å². The van der Waals surface area contributed by atoms with Crippen molar-refractivity contribution in [2.45, 2.75) is 26.5 Å². The molecule has 0 amide bonds. The van der Waals surface area contributed by atoms with Crippen LogP contribution in [0.4, 0.5) is 0 Å². The second-order valence-electron chi connectivity index (χ2n) is 6.31. The lowest BCUT2D eigenvalue weighted by atomic mass is 9.97. The molecule has 6 heteroatoms. The molecule has 0 unspecified atom stereocenters. The van der Waals surface area contributed by atoms with Crippen LogP contribution in [-0.4, -0.2) is 25.7 Å². The van der Waals surface area contributed by atoms with E-state index in [9.17, 15) is 15.0 Å². The quantitative estimate of drug-likeness (QED) is 0.597. The van der Waals surface area contributed by atoms with Crippen LogP contribution < -0.4 is 0 Å². The van der Waals surface area contributed by atoms with Crippen molar-refractivity contribution in [1.82, 2.24) is 9.55 Å². The number of aromatic nitrogens is 2. The number of aromatic carboxylic acids is 1. The number of aliphatic hydroxyl groups excluding tert-OH is 1. The van der Waals surface area contributed by atoms with E-state index >= 15 is 0 Å². The van der Waals surface area contributed by atoms with Gasteiger partial charge < -0.3 is 14.8 Å². The van der Waals surface area contributed by atoms with E-state index in [1.165, 1.54) is 0 Å². The van der Waals surface area contributed by atoms with Gasteiger partial charge in [0.25, 0.3) is 0 Å². The third-order valence-corrected chi connectivity index (χ3v) is 4.75. The maximum atomic E-state index is 11.8. The average Bonchev–Trinajstić information content (AvgIpc) is 3.01. The van der Waals surface area contributed by atoms with Gasteiger partial charge in [-0.15, -0.1) is 0 Å². The van der Waals surface area contributed by atoms with E-state index in [0.717, 1.165) is 17.5 Å². The van der Waals surface area contributed by atoms with Gasteiger partial charge in [-0.3, -0.25) is 0 Å². The Morgan fingerprint density at radius 1 is 1.21 bits per heavy atom. The summed E-state index contributed by atoms with van der Waals surface area (Å²) in [5.74, 6) is -0.363. The van der Waals surface area contributed by atoms with Crippen molar-refractivity contribution in [3.8, 4) is 11.1 Å². The van der Waals surface area contributed by atoms with Crippen LogP contribution in [0.2, 0.25) is 5.15 Å². The van der Waals surface area contributed by atoms with E-state index in [1.807, 2.05) is 61.5 Å². The first-order valence-corrected chi connectivity index (χ1v) is 9.36. The Hall–Kier alpha value is -2.89. The standard InChI is InChI=1S/C22H21ClN2O3/c1-2-3-9-20-24-21(23)19(14-26)25(20)13-15-10-11-17(18(12-15)22(27)28)16-7-5-4-6-8-16/h3-12,26H,2,13-14H2,1H3,(H,27,28). The van der Waals surface area contributed by atoms with Crippen molar-refractivity contribution in [3.05, 3.63) is 82.4 Å². The Balaban J connectivity index is 2.03. The van der Waals surface area contributed by atoms with Gasteiger partial charge >= 0.3 is 5.97 Å². The number of nitrogens with zero attached hydrogens (tertiary/aromatic N) is 2. The predicted octanol–water partition coefficient (Wildman–Crippen LogP) is 4.87. The number of benzene rings is 2. The van der Waals surface area contributed by atoms with Gasteiger partial charge in [-0.05, 0) is 35.3 Å². The van der Waals surface area contributed by atoms with E-state index < -0.39 is 5.97 Å². The first-order valence-electron chi connectivity index (χ1n) is 8.99. The Labute approximate surface area is 168 Å². The Bertz CT molecular complexity index is 1010. The molecular weight excluding hydrogens is 376 g/mol. The number of hydrogen-bond donors (Lipinski definition) is 2. The molecule has 0 saturated carbocycles. The third kappa shape index (κ3) is 4.16. The van der Waals surface area contributed by atoms with Gasteiger partial charge in [0.2, 0.25) is 0 Å². The maximum absolute atomic E-state index is 11.8. The number of imidazole rings is 1. The van der Waals surface area contributed by atoms with E-state index in [-0.39, 0.29) is 17.3 Å². The van der Waals surface area contributed by atoms with Gasteiger partial charge in [-0.2, -0.15) is 0 Å². The SMILES string of the molecule is CCC=Cc1nc(Cl)c(CO)n1Cc1ccc(-c2ccccc2)c(C(=O)O)c1. The lowest BCUT2D eigenvalue weighted by molar-refractivity contribution is 0.0697. The molecule has 0 aliphatic carbocycles. The summed E-state index contributed by atoms with van der Waals surface area (Å²) in [6.07, 6.45) is 4.65. The molecule has 0 fully saturated rings. The fourth-order valence-corrected chi connectivity index (χ4v) is 3.32. The summed E-state index contributed by atoms with van der Waals surface area (Å²) < 4.78 is 1.80. The molecule has 1 aromatic heterocycles. The van der Waals surface area contributed by atoms with Crippen LogP contribution in [0, 0.1) is 0 Å². The molecule has 2 N–H and O–H groups in total. The molecule has 28 heavy (non-hydrogen) atoms. The third-order valence-electron chi connectivity index (χ3n) is 4.45. The van der Waals surface area contributed by atoms with Crippen molar-refractivity contribution in [3.63, 3.8) is 0 Å². The number of rotatable bonds is 7. The smallest absolute Gasteiger partial charge is 0.336 e. The first kappa shape index (κ1) is 19.9. The normalized spacial score (nSPS) is 11.2. The molecule has 5 nitrogen and oxygen atoms in total. The summed E-state index contributed by atoms with van der Waals surface area (Å²) in [7, 11) is 0. The van der Waals surface area contributed by atoms with Crippen molar-refractivity contribution >= 4 is 23.6 Å². The molecule has 144 valence electrons. The van der Waals surface area contributed by atoms with Crippen LogP contribution in [0.15, 0.2) is 54.6 Å². The lowest BCUT2D eigenvalue weighted by Gasteiger charge is -2.12. The number of hydrogen-bond acceptors (Lipinski definition) is 3. The highest BCUT2D eigenvalue weighted by atomic mass is 35.5. The average molecular weight is 397 g/mol. The van der Waals surface area contributed by atoms with Gasteiger partial charge in [0.15, 0.2) is 5.15 Å². The van der Waals surface area contributed by atoms with Crippen LogP contribution in [0.3, 0.4) is 0 Å². The molecule has 3 aromatic rings. The van der Waals surface area contributed by atoms with Crippen LogP contribution in [0.1, 0.15) is 40.8 Å². The number of carboxylic acids is 1. The zero-order valence-corrected chi connectivity index (χ0v) is 16.2. The molecule has 2 aromatic carbocycles. The molecular formula is C22H21ClN2O3. The van der Waals surface area contributed by atoms with Gasteiger partial charge in [-0.1, -0.05) is 67.1 Å². The number of halogens is 1. The van der Waals surface area contributed by atoms with Crippen molar-refractivity contribution in [1.29, 1.82) is 0 Å². The van der Waals surface area contributed by atoms with Crippen molar-refractivity contribution in [2.75, 3.05) is 0 Å². The summed E-state index contributed by atoms with van der Waals surface area (Å²) in [5.41, 5.74) is 3.02. The number of carboxylic acid groups (broad SMARTS) is 1. The second kappa shape index (κ2) is 8.87. The number of carbonyl (C=O) groups is 1. The number of allylic oxidation sites excluding steroid dienone is 1. The summed E-state index contributed by atoms with van der Waals surface area (Å²) >= 11 is 6.16. The number of aliphatic hydroxyl groups is 1. The summed E-state index contributed by atoms with van der Waals surface area (Å²) in [6, 6.07) is 14.8. The van der Waals surface area contributed by atoms with Crippen LogP contribution >= 0.6 is 11.6 Å². The minimum Gasteiger partial charge on any atom is -0.478 e. The maximum Gasteiger partial charge on any atom is 0.336 e. The first-order chi connectivity index (χ1) is 13.5. The highest BCUT2D eigenvalue weighted by molar-refractivity contribution is 6.30. The van der Waals surface area contributed by atoms with E-state index in [0.29, 0.717) is 23.6 Å². The topological polar surface area (TPSA) is 75.4 Å². The van der Waals surface area contributed by atoms with Crippen molar-refractivity contribution in [2.24, 2.45) is 0 Å².